The minimum Gasteiger partial charge on any atom is -0.480 e. The molecule has 1 aliphatic heterocycles. The normalized spacial score (nSPS) is 16.9. The van der Waals surface area contributed by atoms with E-state index < -0.39 is 18.1 Å². The van der Waals surface area contributed by atoms with Crippen LogP contribution in [0.5, 0.6) is 0 Å². The largest absolute Gasteiger partial charge is 0.480 e. The fourth-order valence-corrected chi connectivity index (χ4v) is 4.94. The number of rotatable bonds is 3. The molecule has 1 N–H and O–H groups in total. The lowest BCUT2D eigenvalue weighted by molar-refractivity contribution is -0.143. The summed E-state index contributed by atoms with van der Waals surface area (Å²) in [6.45, 7) is 0.307. The lowest BCUT2D eigenvalue weighted by Gasteiger charge is -2.34. The summed E-state index contributed by atoms with van der Waals surface area (Å²) < 4.78 is 5.70. The van der Waals surface area contributed by atoms with Crippen molar-refractivity contribution in [1.82, 2.24) is 4.90 Å². The molecular weight excluding hydrogens is 414 g/mol. The van der Waals surface area contributed by atoms with Crippen molar-refractivity contribution >= 4 is 23.7 Å². The third-order valence-corrected chi connectivity index (χ3v) is 6.54. The first-order chi connectivity index (χ1) is 15.0. The Morgan fingerprint density at radius 1 is 0.968 bits per heavy atom. The molecule has 5 nitrogen and oxygen atoms in total. The van der Waals surface area contributed by atoms with Crippen LogP contribution in [0.1, 0.15) is 28.2 Å². The first-order valence-corrected chi connectivity index (χ1v) is 10.5. The molecule has 0 saturated heterocycles. The molecule has 3 aromatic carbocycles. The zero-order valence-electron chi connectivity index (χ0n) is 16.6. The Bertz CT molecular complexity index is 1150. The molecule has 156 valence electrons. The molecule has 1 heterocycles. The number of hydrogen-bond donors (Lipinski definition) is 1. The van der Waals surface area contributed by atoms with Crippen LogP contribution in [-0.4, -0.2) is 34.7 Å². The van der Waals surface area contributed by atoms with Crippen molar-refractivity contribution in [2.75, 3.05) is 6.61 Å². The zero-order chi connectivity index (χ0) is 21.5. The van der Waals surface area contributed by atoms with E-state index in [0.717, 1.165) is 33.4 Å². The maximum Gasteiger partial charge on any atom is 0.410 e. The van der Waals surface area contributed by atoms with Gasteiger partial charge in [0.25, 0.3) is 0 Å². The van der Waals surface area contributed by atoms with Gasteiger partial charge < -0.3 is 9.84 Å². The highest BCUT2D eigenvalue weighted by molar-refractivity contribution is 6.31. The number of carboxylic acid groups (broad SMARTS) is 1. The molecule has 31 heavy (non-hydrogen) atoms. The molecule has 0 radical (unpaired) electrons. The summed E-state index contributed by atoms with van der Waals surface area (Å²) in [5.41, 5.74) is 6.13. The fraction of sp³-hybridized carbons (Fsp3) is 0.200. The van der Waals surface area contributed by atoms with Crippen molar-refractivity contribution in [3.8, 4) is 11.1 Å². The van der Waals surface area contributed by atoms with Gasteiger partial charge in [0.2, 0.25) is 0 Å². The Kier molecular flexibility index (Phi) is 4.91. The molecule has 0 aromatic heterocycles. The second-order valence-corrected chi connectivity index (χ2v) is 8.27. The van der Waals surface area contributed by atoms with Crippen molar-refractivity contribution in [2.24, 2.45) is 0 Å². The third kappa shape index (κ3) is 3.35. The van der Waals surface area contributed by atoms with E-state index in [-0.39, 0.29) is 25.5 Å². The van der Waals surface area contributed by atoms with E-state index in [4.69, 9.17) is 16.3 Å². The Balaban J connectivity index is 1.39. The van der Waals surface area contributed by atoms with Gasteiger partial charge >= 0.3 is 12.1 Å². The van der Waals surface area contributed by atoms with Gasteiger partial charge in [0, 0.05) is 17.4 Å². The zero-order valence-corrected chi connectivity index (χ0v) is 17.4. The summed E-state index contributed by atoms with van der Waals surface area (Å²) in [7, 11) is 0. The maximum atomic E-state index is 13.0. The molecule has 6 heteroatoms. The molecular formula is C25H20ClNO4. The summed E-state index contributed by atoms with van der Waals surface area (Å²) >= 11 is 6.25. The molecule has 1 atom stereocenters. The lowest BCUT2D eigenvalue weighted by atomic mass is 9.94. The average Bonchev–Trinajstić information content (AvgIpc) is 3.10. The number of aliphatic carboxylic acids is 1. The second-order valence-electron chi connectivity index (χ2n) is 7.87. The number of amides is 1. The van der Waals surface area contributed by atoms with Crippen LogP contribution in [0.25, 0.3) is 11.1 Å². The van der Waals surface area contributed by atoms with Crippen molar-refractivity contribution in [3.63, 3.8) is 0 Å². The van der Waals surface area contributed by atoms with E-state index in [1.807, 2.05) is 42.5 Å². The second kappa shape index (κ2) is 7.75. The van der Waals surface area contributed by atoms with E-state index in [9.17, 15) is 14.7 Å². The number of hydrogen-bond acceptors (Lipinski definition) is 3. The summed E-state index contributed by atoms with van der Waals surface area (Å²) in [6.07, 6.45) is -0.464. The molecule has 1 aliphatic carbocycles. The SMILES string of the molecule is O=C(O)[C@@H]1Cc2c(Cl)cccc2CN1C(=O)OCC1c2ccccc2-c2ccccc21. The van der Waals surface area contributed by atoms with Gasteiger partial charge in [0.1, 0.15) is 12.6 Å². The Labute approximate surface area is 184 Å². The monoisotopic (exact) mass is 433 g/mol. The van der Waals surface area contributed by atoms with Crippen LogP contribution in [-0.2, 0) is 22.5 Å². The van der Waals surface area contributed by atoms with Gasteiger partial charge in [0.05, 0.1) is 6.54 Å². The van der Waals surface area contributed by atoms with Crippen LogP contribution in [0.15, 0.2) is 66.7 Å². The smallest absolute Gasteiger partial charge is 0.410 e. The number of carbonyl (C=O) groups is 2. The van der Waals surface area contributed by atoms with Crippen molar-refractivity contribution in [2.45, 2.75) is 24.9 Å². The summed E-state index contributed by atoms with van der Waals surface area (Å²) in [4.78, 5) is 26.2. The third-order valence-electron chi connectivity index (χ3n) is 6.19. The molecule has 1 amide bonds. The first-order valence-electron chi connectivity index (χ1n) is 10.2. The number of benzene rings is 3. The molecule has 0 spiro atoms. The van der Waals surface area contributed by atoms with E-state index in [0.29, 0.717) is 5.02 Å². The van der Waals surface area contributed by atoms with Crippen LogP contribution in [0.4, 0.5) is 4.79 Å². The van der Waals surface area contributed by atoms with Gasteiger partial charge in [-0.3, -0.25) is 4.90 Å². The number of fused-ring (bicyclic) bond motifs is 4. The van der Waals surface area contributed by atoms with Gasteiger partial charge in [-0.05, 0) is 39.4 Å². The summed E-state index contributed by atoms with van der Waals surface area (Å²) in [6, 6.07) is 20.6. The minimum atomic E-state index is -1.07. The molecule has 0 fully saturated rings. The van der Waals surface area contributed by atoms with E-state index >= 15 is 0 Å². The van der Waals surface area contributed by atoms with E-state index in [1.165, 1.54) is 4.90 Å². The van der Waals surface area contributed by atoms with Crippen LogP contribution >= 0.6 is 11.6 Å². The Hall–Kier alpha value is -3.31. The quantitative estimate of drug-likeness (QED) is 0.624. The maximum absolute atomic E-state index is 13.0. The highest BCUT2D eigenvalue weighted by Gasteiger charge is 2.37. The van der Waals surface area contributed by atoms with Crippen LogP contribution in [0, 0.1) is 0 Å². The predicted octanol–water partition coefficient (Wildman–Crippen LogP) is 5.10. The minimum absolute atomic E-state index is 0.0776. The first kappa shape index (κ1) is 19.6. The van der Waals surface area contributed by atoms with Crippen LogP contribution in [0.3, 0.4) is 0 Å². The van der Waals surface area contributed by atoms with Crippen molar-refractivity contribution < 1.29 is 19.4 Å². The van der Waals surface area contributed by atoms with Gasteiger partial charge in [-0.2, -0.15) is 0 Å². The summed E-state index contributed by atoms with van der Waals surface area (Å²) in [5, 5.41) is 10.2. The van der Waals surface area contributed by atoms with Gasteiger partial charge in [-0.25, -0.2) is 9.59 Å². The number of halogens is 1. The highest BCUT2D eigenvalue weighted by atomic mass is 35.5. The van der Waals surface area contributed by atoms with Gasteiger partial charge in [-0.1, -0.05) is 72.3 Å². The predicted molar refractivity (Wildman–Crippen MR) is 117 cm³/mol. The van der Waals surface area contributed by atoms with Crippen molar-refractivity contribution in [3.05, 3.63) is 94.0 Å². The number of carboxylic acids is 1. The number of ether oxygens (including phenoxy) is 1. The van der Waals surface area contributed by atoms with Gasteiger partial charge in [-0.15, -0.1) is 0 Å². The summed E-state index contributed by atoms with van der Waals surface area (Å²) in [5.74, 6) is -1.15. The number of nitrogens with zero attached hydrogens (tertiary/aromatic N) is 1. The van der Waals surface area contributed by atoms with Crippen LogP contribution < -0.4 is 0 Å². The standard InChI is InChI=1S/C25H20ClNO4/c26-22-11-5-6-15-13-27(23(24(28)29)12-20(15)22)25(30)31-14-21-18-9-3-1-7-16(18)17-8-2-4-10-19(17)21/h1-11,21,23H,12-14H2,(H,28,29)/t23-/m0/s1. The number of carbonyl (C=O) groups excluding carboxylic acids is 1. The van der Waals surface area contributed by atoms with Gasteiger partial charge in [0.15, 0.2) is 0 Å². The molecule has 3 aromatic rings. The molecule has 0 unspecified atom stereocenters. The Morgan fingerprint density at radius 3 is 2.26 bits per heavy atom. The van der Waals surface area contributed by atoms with Crippen LogP contribution in [0.2, 0.25) is 5.02 Å². The molecule has 0 bridgehead atoms. The highest BCUT2D eigenvalue weighted by Crippen LogP contribution is 2.44. The van der Waals surface area contributed by atoms with Crippen molar-refractivity contribution in [1.29, 1.82) is 0 Å². The van der Waals surface area contributed by atoms with E-state index in [1.54, 1.807) is 12.1 Å². The topological polar surface area (TPSA) is 66.8 Å². The average molecular weight is 434 g/mol. The molecule has 0 saturated carbocycles. The molecule has 2 aliphatic rings. The fourth-order valence-electron chi connectivity index (χ4n) is 4.67. The lowest BCUT2D eigenvalue weighted by Crippen LogP contribution is -2.49. The molecule has 5 rings (SSSR count). The van der Waals surface area contributed by atoms with E-state index in [2.05, 4.69) is 12.1 Å². The Morgan fingerprint density at radius 2 is 1.61 bits per heavy atom.